The number of aryl methyl sites for hydroxylation is 1. The molecule has 2 aromatic heterocycles. The molecule has 0 spiro atoms. The Labute approximate surface area is 80.0 Å². The van der Waals surface area contributed by atoms with Crippen LogP contribution in [0.5, 0.6) is 0 Å². The summed E-state index contributed by atoms with van der Waals surface area (Å²) in [6.45, 7) is 2.15. The van der Waals surface area contributed by atoms with Crippen LogP contribution >= 0.6 is 22.9 Å². The number of nitrogens with zero attached hydrogens (tertiary/aromatic N) is 1. The van der Waals surface area contributed by atoms with Gasteiger partial charge in [0.15, 0.2) is 0 Å². The van der Waals surface area contributed by atoms with E-state index in [4.69, 9.17) is 11.6 Å². The minimum atomic E-state index is 0.576. The highest BCUT2D eigenvalue weighted by atomic mass is 35.5. The molecule has 1 nitrogen and oxygen atoms in total. The van der Waals surface area contributed by atoms with E-state index < -0.39 is 0 Å². The van der Waals surface area contributed by atoms with E-state index in [-0.39, 0.29) is 0 Å². The smallest absolute Gasteiger partial charge is 0.130 e. The van der Waals surface area contributed by atoms with Crippen LogP contribution in [0.15, 0.2) is 18.2 Å². The SMILES string of the molecule is CCc1cc2ccc(Cl)nc2s1. The molecular weight excluding hydrogens is 190 g/mol. The van der Waals surface area contributed by atoms with Gasteiger partial charge in [-0.25, -0.2) is 4.98 Å². The van der Waals surface area contributed by atoms with Crippen molar-refractivity contribution in [2.75, 3.05) is 0 Å². The fourth-order valence-corrected chi connectivity index (χ4v) is 2.29. The van der Waals surface area contributed by atoms with E-state index in [0.29, 0.717) is 5.15 Å². The fraction of sp³-hybridized carbons (Fsp3) is 0.222. The number of fused-ring (bicyclic) bond motifs is 1. The molecule has 0 fully saturated rings. The van der Waals surface area contributed by atoms with Crippen LogP contribution in [0.25, 0.3) is 10.2 Å². The second-order valence-electron chi connectivity index (χ2n) is 2.59. The summed E-state index contributed by atoms with van der Waals surface area (Å²) in [6.07, 6.45) is 1.07. The van der Waals surface area contributed by atoms with Gasteiger partial charge in [0.05, 0.1) is 0 Å². The predicted octanol–water partition coefficient (Wildman–Crippen LogP) is 3.51. The number of halogens is 1. The first kappa shape index (κ1) is 8.02. The first-order chi connectivity index (χ1) is 5.79. The van der Waals surface area contributed by atoms with Crippen LogP contribution in [-0.2, 0) is 6.42 Å². The molecule has 0 saturated carbocycles. The zero-order chi connectivity index (χ0) is 8.55. The van der Waals surface area contributed by atoms with Crippen molar-refractivity contribution >= 4 is 33.2 Å². The van der Waals surface area contributed by atoms with Crippen molar-refractivity contribution in [3.63, 3.8) is 0 Å². The zero-order valence-corrected chi connectivity index (χ0v) is 8.25. The average Bonchev–Trinajstić information content (AvgIpc) is 2.46. The summed E-state index contributed by atoms with van der Waals surface area (Å²) in [5.74, 6) is 0. The topological polar surface area (TPSA) is 12.9 Å². The van der Waals surface area contributed by atoms with Gasteiger partial charge in [0.2, 0.25) is 0 Å². The van der Waals surface area contributed by atoms with Crippen molar-refractivity contribution in [3.8, 4) is 0 Å². The lowest BCUT2D eigenvalue weighted by atomic mass is 10.3. The predicted molar refractivity (Wildman–Crippen MR) is 54.0 cm³/mol. The fourth-order valence-electron chi connectivity index (χ4n) is 1.12. The van der Waals surface area contributed by atoms with Gasteiger partial charge in [0.1, 0.15) is 9.98 Å². The Morgan fingerprint density at radius 1 is 1.50 bits per heavy atom. The molecule has 2 rings (SSSR count). The highest BCUT2D eigenvalue weighted by molar-refractivity contribution is 7.18. The van der Waals surface area contributed by atoms with E-state index in [2.05, 4.69) is 18.0 Å². The van der Waals surface area contributed by atoms with Gasteiger partial charge in [0.25, 0.3) is 0 Å². The molecule has 62 valence electrons. The molecule has 0 N–H and O–H groups in total. The van der Waals surface area contributed by atoms with Crippen molar-refractivity contribution in [3.05, 3.63) is 28.2 Å². The number of rotatable bonds is 1. The van der Waals surface area contributed by atoms with Crippen molar-refractivity contribution in [1.29, 1.82) is 0 Å². The number of thiophene rings is 1. The average molecular weight is 198 g/mol. The van der Waals surface area contributed by atoms with Crippen molar-refractivity contribution in [1.82, 2.24) is 4.98 Å². The highest BCUT2D eigenvalue weighted by Crippen LogP contribution is 2.25. The van der Waals surface area contributed by atoms with Gasteiger partial charge < -0.3 is 0 Å². The Balaban J connectivity index is 2.67. The largest absolute Gasteiger partial charge is 0.225 e. The van der Waals surface area contributed by atoms with E-state index in [1.807, 2.05) is 12.1 Å². The molecule has 0 atom stereocenters. The van der Waals surface area contributed by atoms with Crippen LogP contribution < -0.4 is 0 Å². The van der Waals surface area contributed by atoms with Gasteiger partial charge in [0, 0.05) is 10.3 Å². The van der Waals surface area contributed by atoms with Crippen LogP contribution in [0.2, 0.25) is 5.15 Å². The summed E-state index contributed by atoms with van der Waals surface area (Å²) >= 11 is 7.48. The summed E-state index contributed by atoms with van der Waals surface area (Å²) in [6, 6.07) is 6.01. The number of aromatic nitrogens is 1. The van der Waals surface area contributed by atoms with E-state index in [1.165, 1.54) is 10.3 Å². The molecule has 0 radical (unpaired) electrons. The van der Waals surface area contributed by atoms with E-state index >= 15 is 0 Å². The molecular formula is C9H8ClNS. The van der Waals surface area contributed by atoms with Gasteiger partial charge in [-0.3, -0.25) is 0 Å². The Hall–Kier alpha value is -0.600. The van der Waals surface area contributed by atoms with Crippen molar-refractivity contribution in [2.24, 2.45) is 0 Å². The lowest BCUT2D eigenvalue weighted by Crippen LogP contribution is -1.70. The lowest BCUT2D eigenvalue weighted by molar-refractivity contribution is 1.19. The minimum absolute atomic E-state index is 0.576. The standard InChI is InChI=1S/C9H8ClNS/c1-2-7-5-6-3-4-8(10)11-9(6)12-7/h3-5H,2H2,1H3. The summed E-state index contributed by atoms with van der Waals surface area (Å²) in [5.41, 5.74) is 0. The quantitative estimate of drug-likeness (QED) is 0.638. The first-order valence-electron chi connectivity index (χ1n) is 3.84. The maximum Gasteiger partial charge on any atom is 0.130 e. The van der Waals surface area contributed by atoms with E-state index in [1.54, 1.807) is 11.3 Å². The maximum absolute atomic E-state index is 5.77. The van der Waals surface area contributed by atoms with Crippen LogP contribution in [0, 0.1) is 0 Å². The maximum atomic E-state index is 5.77. The van der Waals surface area contributed by atoms with Gasteiger partial charge >= 0.3 is 0 Å². The van der Waals surface area contributed by atoms with Gasteiger partial charge in [-0.05, 0) is 24.6 Å². The van der Waals surface area contributed by atoms with Gasteiger partial charge in [-0.1, -0.05) is 18.5 Å². The normalized spacial score (nSPS) is 10.8. The Bertz CT molecular complexity index is 408. The second-order valence-corrected chi connectivity index (χ2v) is 4.10. The van der Waals surface area contributed by atoms with Gasteiger partial charge in [-0.15, -0.1) is 11.3 Å². The third-order valence-electron chi connectivity index (χ3n) is 1.75. The highest BCUT2D eigenvalue weighted by Gasteiger charge is 2.01. The third kappa shape index (κ3) is 1.32. The monoisotopic (exact) mass is 197 g/mol. The summed E-state index contributed by atoms with van der Waals surface area (Å²) in [4.78, 5) is 6.63. The molecule has 0 bridgehead atoms. The first-order valence-corrected chi connectivity index (χ1v) is 5.04. The molecule has 2 heterocycles. The van der Waals surface area contributed by atoms with Crippen molar-refractivity contribution < 1.29 is 0 Å². The molecule has 0 aliphatic rings. The lowest BCUT2D eigenvalue weighted by Gasteiger charge is -1.87. The van der Waals surface area contributed by atoms with E-state index in [0.717, 1.165) is 11.3 Å². The van der Waals surface area contributed by atoms with Crippen LogP contribution in [0.1, 0.15) is 11.8 Å². The Morgan fingerprint density at radius 2 is 2.33 bits per heavy atom. The molecule has 0 aliphatic heterocycles. The molecule has 12 heavy (non-hydrogen) atoms. The third-order valence-corrected chi connectivity index (χ3v) is 3.15. The summed E-state index contributed by atoms with van der Waals surface area (Å²) < 4.78 is 0. The molecule has 0 unspecified atom stereocenters. The number of hydrogen-bond donors (Lipinski definition) is 0. The molecule has 3 heteroatoms. The molecule has 0 aliphatic carbocycles. The summed E-state index contributed by atoms with van der Waals surface area (Å²) in [7, 11) is 0. The Kier molecular flexibility index (Phi) is 2.03. The van der Waals surface area contributed by atoms with Gasteiger partial charge in [-0.2, -0.15) is 0 Å². The second kappa shape index (κ2) is 3.04. The number of hydrogen-bond acceptors (Lipinski definition) is 2. The van der Waals surface area contributed by atoms with Crippen LogP contribution in [0.4, 0.5) is 0 Å². The zero-order valence-electron chi connectivity index (χ0n) is 6.67. The van der Waals surface area contributed by atoms with Crippen LogP contribution in [0.3, 0.4) is 0 Å². The molecule has 0 amide bonds. The molecule has 0 aromatic carbocycles. The molecule has 2 aromatic rings. The van der Waals surface area contributed by atoms with E-state index in [9.17, 15) is 0 Å². The molecule has 0 saturated heterocycles. The Morgan fingerprint density at radius 3 is 3.08 bits per heavy atom. The minimum Gasteiger partial charge on any atom is -0.225 e. The van der Waals surface area contributed by atoms with Crippen LogP contribution in [-0.4, -0.2) is 4.98 Å². The van der Waals surface area contributed by atoms with Crippen molar-refractivity contribution in [2.45, 2.75) is 13.3 Å². The number of pyridine rings is 1. The summed E-state index contributed by atoms with van der Waals surface area (Å²) in [5, 5.41) is 1.77.